The molecule has 0 fully saturated rings. The number of hydrogen-bond acceptors (Lipinski definition) is 2. The Hall–Kier alpha value is -0.860. The van der Waals surface area contributed by atoms with Crippen LogP contribution in [0.5, 0.6) is 0 Å². The van der Waals surface area contributed by atoms with Crippen LogP contribution in [0.3, 0.4) is 0 Å². The minimum absolute atomic E-state index is 0.466. The SMILES string of the molecule is CCCN(CC)C(=N)CC=N. The van der Waals surface area contributed by atoms with Gasteiger partial charge in [0, 0.05) is 25.7 Å². The summed E-state index contributed by atoms with van der Waals surface area (Å²) in [7, 11) is 0. The quantitative estimate of drug-likeness (QED) is 0.461. The van der Waals surface area contributed by atoms with E-state index in [0.717, 1.165) is 19.5 Å². The Morgan fingerprint density at radius 1 is 1.45 bits per heavy atom. The Labute approximate surface area is 68.4 Å². The summed E-state index contributed by atoms with van der Waals surface area (Å²) < 4.78 is 0. The fraction of sp³-hybridized carbons (Fsp3) is 0.750. The van der Waals surface area contributed by atoms with Gasteiger partial charge in [0.15, 0.2) is 0 Å². The highest BCUT2D eigenvalue weighted by Crippen LogP contribution is 1.94. The summed E-state index contributed by atoms with van der Waals surface area (Å²) in [4.78, 5) is 1.99. The second kappa shape index (κ2) is 5.89. The Morgan fingerprint density at radius 2 is 2.09 bits per heavy atom. The third kappa shape index (κ3) is 3.75. The monoisotopic (exact) mass is 155 g/mol. The lowest BCUT2D eigenvalue weighted by molar-refractivity contribution is 0.432. The number of hydrogen-bond donors (Lipinski definition) is 2. The first kappa shape index (κ1) is 10.1. The molecule has 0 aromatic heterocycles. The maximum atomic E-state index is 7.52. The number of nitrogens with zero attached hydrogens (tertiary/aromatic N) is 1. The van der Waals surface area contributed by atoms with Crippen LogP contribution in [-0.4, -0.2) is 30.0 Å². The van der Waals surface area contributed by atoms with E-state index in [-0.39, 0.29) is 0 Å². The second-order valence-corrected chi connectivity index (χ2v) is 2.43. The smallest absolute Gasteiger partial charge is 0.101 e. The molecule has 0 amide bonds. The number of rotatable bonds is 5. The van der Waals surface area contributed by atoms with Crippen molar-refractivity contribution in [2.24, 2.45) is 0 Å². The van der Waals surface area contributed by atoms with Gasteiger partial charge in [-0.25, -0.2) is 0 Å². The van der Waals surface area contributed by atoms with Gasteiger partial charge in [-0.1, -0.05) is 6.92 Å². The molecule has 0 unspecified atom stereocenters. The third-order valence-electron chi connectivity index (χ3n) is 1.55. The third-order valence-corrected chi connectivity index (χ3v) is 1.55. The maximum absolute atomic E-state index is 7.52. The Bertz CT molecular complexity index is 131. The van der Waals surface area contributed by atoms with Crippen molar-refractivity contribution in [3.63, 3.8) is 0 Å². The largest absolute Gasteiger partial charge is 0.361 e. The van der Waals surface area contributed by atoms with E-state index < -0.39 is 0 Å². The van der Waals surface area contributed by atoms with Gasteiger partial charge in [0.25, 0.3) is 0 Å². The zero-order valence-corrected chi connectivity index (χ0v) is 7.35. The molecule has 0 spiro atoms. The van der Waals surface area contributed by atoms with Gasteiger partial charge in [-0.3, -0.25) is 5.41 Å². The molecule has 0 atom stereocenters. The van der Waals surface area contributed by atoms with Crippen LogP contribution in [0.25, 0.3) is 0 Å². The minimum Gasteiger partial charge on any atom is -0.361 e. The van der Waals surface area contributed by atoms with Crippen molar-refractivity contribution >= 4 is 12.1 Å². The van der Waals surface area contributed by atoms with Crippen LogP contribution in [-0.2, 0) is 0 Å². The molecular formula is C8H17N3. The van der Waals surface area contributed by atoms with Gasteiger partial charge in [0.05, 0.1) is 0 Å². The second-order valence-electron chi connectivity index (χ2n) is 2.43. The molecule has 0 aliphatic carbocycles. The van der Waals surface area contributed by atoms with E-state index in [1.54, 1.807) is 0 Å². The zero-order chi connectivity index (χ0) is 8.69. The van der Waals surface area contributed by atoms with Crippen molar-refractivity contribution in [1.29, 1.82) is 10.8 Å². The molecule has 3 nitrogen and oxygen atoms in total. The Kier molecular flexibility index (Phi) is 5.43. The summed E-state index contributed by atoms with van der Waals surface area (Å²) in [6.07, 6.45) is 2.81. The fourth-order valence-corrected chi connectivity index (χ4v) is 0.980. The first-order valence-corrected chi connectivity index (χ1v) is 4.07. The van der Waals surface area contributed by atoms with E-state index in [1.807, 2.05) is 11.8 Å². The van der Waals surface area contributed by atoms with E-state index in [1.165, 1.54) is 6.21 Å². The van der Waals surface area contributed by atoms with Gasteiger partial charge < -0.3 is 10.3 Å². The van der Waals surface area contributed by atoms with E-state index in [4.69, 9.17) is 10.8 Å². The van der Waals surface area contributed by atoms with Crippen LogP contribution < -0.4 is 0 Å². The number of amidine groups is 1. The van der Waals surface area contributed by atoms with Gasteiger partial charge in [0.2, 0.25) is 0 Å². The van der Waals surface area contributed by atoms with Crippen molar-refractivity contribution in [3.8, 4) is 0 Å². The molecule has 0 saturated carbocycles. The summed E-state index contributed by atoms with van der Waals surface area (Å²) in [5.74, 6) is 0.560. The summed E-state index contributed by atoms with van der Waals surface area (Å²) >= 11 is 0. The molecule has 0 heterocycles. The predicted octanol–water partition coefficient (Wildman–Crippen LogP) is 1.74. The lowest BCUT2D eigenvalue weighted by Gasteiger charge is -2.21. The summed E-state index contributed by atoms with van der Waals surface area (Å²) in [6.45, 7) is 5.94. The van der Waals surface area contributed by atoms with Crippen LogP contribution in [0.4, 0.5) is 0 Å². The zero-order valence-electron chi connectivity index (χ0n) is 7.35. The molecule has 0 radical (unpaired) electrons. The van der Waals surface area contributed by atoms with Crippen molar-refractivity contribution in [2.75, 3.05) is 13.1 Å². The molecule has 64 valence electrons. The average molecular weight is 155 g/mol. The molecule has 0 saturated heterocycles. The van der Waals surface area contributed by atoms with Gasteiger partial charge in [-0.2, -0.15) is 0 Å². The number of nitrogens with one attached hydrogen (secondary N) is 2. The van der Waals surface area contributed by atoms with Crippen molar-refractivity contribution in [3.05, 3.63) is 0 Å². The highest BCUT2D eigenvalue weighted by Gasteiger charge is 2.03. The van der Waals surface area contributed by atoms with Crippen LogP contribution in [0.2, 0.25) is 0 Å². The highest BCUT2D eigenvalue weighted by atomic mass is 15.2. The molecule has 0 aromatic carbocycles. The molecule has 0 rings (SSSR count). The van der Waals surface area contributed by atoms with Crippen molar-refractivity contribution in [2.45, 2.75) is 26.7 Å². The van der Waals surface area contributed by atoms with Crippen LogP contribution >= 0.6 is 0 Å². The minimum atomic E-state index is 0.466. The molecular weight excluding hydrogens is 138 g/mol. The van der Waals surface area contributed by atoms with Crippen LogP contribution in [0.15, 0.2) is 0 Å². The van der Waals surface area contributed by atoms with Gasteiger partial charge >= 0.3 is 0 Å². The molecule has 0 aliphatic heterocycles. The average Bonchev–Trinajstić information content (AvgIpc) is 2.00. The lowest BCUT2D eigenvalue weighted by Crippen LogP contribution is -2.30. The maximum Gasteiger partial charge on any atom is 0.101 e. The van der Waals surface area contributed by atoms with Crippen molar-refractivity contribution < 1.29 is 0 Å². The van der Waals surface area contributed by atoms with Gasteiger partial charge in [-0.05, 0) is 13.3 Å². The van der Waals surface area contributed by atoms with Crippen molar-refractivity contribution in [1.82, 2.24) is 4.90 Å². The first-order valence-electron chi connectivity index (χ1n) is 4.07. The molecule has 0 aromatic rings. The van der Waals surface area contributed by atoms with Crippen LogP contribution in [0.1, 0.15) is 26.7 Å². The van der Waals surface area contributed by atoms with E-state index in [0.29, 0.717) is 12.3 Å². The topological polar surface area (TPSA) is 50.9 Å². The standard InChI is InChI=1S/C8H17N3/c1-3-7-11(4-2)8(10)5-6-9/h6,9-10H,3-5,7H2,1-2H3. The van der Waals surface area contributed by atoms with Gasteiger partial charge in [0.1, 0.15) is 5.84 Å². The molecule has 0 bridgehead atoms. The van der Waals surface area contributed by atoms with Crippen LogP contribution in [0, 0.1) is 10.8 Å². The van der Waals surface area contributed by atoms with E-state index >= 15 is 0 Å². The summed E-state index contributed by atoms with van der Waals surface area (Å²) in [5.41, 5.74) is 0. The Balaban J connectivity index is 3.80. The highest BCUT2D eigenvalue weighted by molar-refractivity contribution is 5.90. The molecule has 3 heteroatoms. The predicted molar refractivity (Wildman–Crippen MR) is 48.7 cm³/mol. The molecule has 0 aliphatic rings. The Morgan fingerprint density at radius 3 is 2.45 bits per heavy atom. The van der Waals surface area contributed by atoms with E-state index in [2.05, 4.69) is 6.92 Å². The molecule has 11 heavy (non-hydrogen) atoms. The lowest BCUT2D eigenvalue weighted by atomic mass is 10.3. The van der Waals surface area contributed by atoms with E-state index in [9.17, 15) is 0 Å². The summed E-state index contributed by atoms with van der Waals surface area (Å²) in [6, 6.07) is 0. The molecule has 2 N–H and O–H groups in total. The van der Waals surface area contributed by atoms with Gasteiger partial charge in [-0.15, -0.1) is 0 Å². The fourth-order valence-electron chi connectivity index (χ4n) is 0.980. The summed E-state index contributed by atoms with van der Waals surface area (Å²) in [5, 5.41) is 14.4. The normalized spacial score (nSPS) is 9.27. The first-order chi connectivity index (χ1) is 5.26.